The first-order valence-corrected chi connectivity index (χ1v) is 10.6. The Morgan fingerprint density at radius 2 is 1.67 bits per heavy atom. The van der Waals surface area contributed by atoms with Gasteiger partial charge in [0.2, 0.25) is 5.91 Å². The van der Waals surface area contributed by atoms with Crippen LogP contribution in [-0.2, 0) is 11.2 Å². The Balaban J connectivity index is 1.69. The van der Waals surface area contributed by atoms with Crippen LogP contribution in [0.5, 0.6) is 11.5 Å². The second-order valence-corrected chi connectivity index (χ2v) is 7.81. The summed E-state index contributed by atoms with van der Waals surface area (Å²) in [6.45, 7) is 9.52. The number of urea groups is 1. The fourth-order valence-electron chi connectivity index (χ4n) is 4.31. The van der Waals surface area contributed by atoms with E-state index in [0.29, 0.717) is 31.2 Å². The van der Waals surface area contributed by atoms with Gasteiger partial charge in [-0.05, 0) is 80.6 Å². The molecule has 3 amide bonds. The van der Waals surface area contributed by atoms with E-state index >= 15 is 0 Å². The Bertz CT molecular complexity index is 1000. The predicted molar refractivity (Wildman–Crippen MR) is 115 cm³/mol. The Morgan fingerprint density at radius 3 is 2.33 bits per heavy atom. The molecule has 4 rings (SSSR count). The average Bonchev–Trinajstić information content (AvgIpc) is 2.71. The first kappa shape index (κ1) is 20.3. The minimum Gasteiger partial charge on any atom is -0.490 e. The standard InChI is InChI=1S/C24H28N2O4/c1-5-29-21-12-17-9-10-25-20(19(17)13-22(21)30-6-2)14-23(27)26(24(25)28)18-8-7-15(3)16(4)11-18/h7-8,11-13,20H,5-6,9-10,14H2,1-4H3/t20-/m0/s1. The largest absolute Gasteiger partial charge is 0.490 e. The number of anilines is 1. The lowest BCUT2D eigenvalue weighted by atomic mass is 9.88. The Labute approximate surface area is 177 Å². The van der Waals surface area contributed by atoms with Crippen LogP contribution in [0.15, 0.2) is 30.3 Å². The third kappa shape index (κ3) is 3.40. The number of rotatable bonds is 5. The molecule has 6 nitrogen and oxygen atoms in total. The van der Waals surface area contributed by atoms with Crippen LogP contribution in [0.2, 0.25) is 0 Å². The van der Waals surface area contributed by atoms with Crippen LogP contribution >= 0.6 is 0 Å². The molecule has 2 aromatic carbocycles. The van der Waals surface area contributed by atoms with Gasteiger partial charge in [-0.2, -0.15) is 0 Å². The number of imide groups is 1. The van der Waals surface area contributed by atoms with Crippen LogP contribution in [0.3, 0.4) is 0 Å². The second-order valence-electron chi connectivity index (χ2n) is 7.81. The average molecular weight is 408 g/mol. The third-order valence-corrected chi connectivity index (χ3v) is 5.97. The second kappa shape index (κ2) is 8.01. The number of hydrogen-bond acceptors (Lipinski definition) is 4. The van der Waals surface area contributed by atoms with E-state index in [1.54, 1.807) is 0 Å². The summed E-state index contributed by atoms with van der Waals surface area (Å²) in [5.74, 6) is 1.21. The van der Waals surface area contributed by atoms with E-state index in [1.807, 2.05) is 62.9 Å². The Morgan fingerprint density at radius 1 is 0.967 bits per heavy atom. The van der Waals surface area contributed by atoms with Gasteiger partial charge in [-0.3, -0.25) is 4.79 Å². The zero-order chi connectivity index (χ0) is 21.4. The quantitative estimate of drug-likeness (QED) is 0.728. The SMILES string of the molecule is CCOc1cc2c(cc1OCC)[C@@H]1CC(=O)N(c3ccc(C)c(C)c3)C(=O)N1CC2. The van der Waals surface area contributed by atoms with Crippen molar-refractivity contribution in [2.45, 2.75) is 46.6 Å². The molecule has 2 aliphatic rings. The molecule has 0 aliphatic carbocycles. The lowest BCUT2D eigenvalue weighted by Crippen LogP contribution is -2.55. The van der Waals surface area contributed by atoms with Gasteiger partial charge in [-0.25, -0.2) is 9.69 Å². The normalized spacial score (nSPS) is 18.2. The van der Waals surface area contributed by atoms with E-state index in [-0.39, 0.29) is 24.4 Å². The first-order valence-electron chi connectivity index (χ1n) is 10.6. The summed E-state index contributed by atoms with van der Waals surface area (Å²) >= 11 is 0. The van der Waals surface area contributed by atoms with Gasteiger partial charge in [0.25, 0.3) is 0 Å². The molecule has 2 heterocycles. The van der Waals surface area contributed by atoms with Crippen LogP contribution in [0, 0.1) is 13.8 Å². The maximum atomic E-state index is 13.3. The molecule has 0 unspecified atom stereocenters. The summed E-state index contributed by atoms with van der Waals surface area (Å²) < 4.78 is 11.5. The van der Waals surface area contributed by atoms with Gasteiger partial charge < -0.3 is 14.4 Å². The molecule has 6 heteroatoms. The van der Waals surface area contributed by atoms with Gasteiger partial charge in [-0.1, -0.05) is 6.07 Å². The number of carbonyl (C=O) groups excluding carboxylic acids is 2. The van der Waals surface area contributed by atoms with Crippen molar-refractivity contribution >= 4 is 17.6 Å². The van der Waals surface area contributed by atoms with Gasteiger partial charge in [0.1, 0.15) is 0 Å². The molecule has 0 bridgehead atoms. The molecular weight excluding hydrogens is 380 g/mol. The van der Waals surface area contributed by atoms with Crippen molar-refractivity contribution in [3.05, 3.63) is 52.6 Å². The molecule has 0 N–H and O–H groups in total. The monoisotopic (exact) mass is 408 g/mol. The molecule has 1 fully saturated rings. The lowest BCUT2D eigenvalue weighted by Gasteiger charge is -2.44. The number of nitrogens with zero attached hydrogens (tertiary/aromatic N) is 2. The fraction of sp³-hybridized carbons (Fsp3) is 0.417. The van der Waals surface area contributed by atoms with Gasteiger partial charge in [0.05, 0.1) is 31.4 Å². The Kier molecular flexibility index (Phi) is 5.41. The molecular formula is C24H28N2O4. The van der Waals surface area contributed by atoms with Gasteiger partial charge in [0.15, 0.2) is 11.5 Å². The minimum absolute atomic E-state index is 0.177. The molecule has 2 aliphatic heterocycles. The number of benzene rings is 2. The molecule has 30 heavy (non-hydrogen) atoms. The van der Waals surface area contributed by atoms with Crippen molar-refractivity contribution in [1.29, 1.82) is 0 Å². The highest BCUT2D eigenvalue weighted by Gasteiger charge is 2.43. The van der Waals surface area contributed by atoms with Crippen LogP contribution in [0.25, 0.3) is 0 Å². The van der Waals surface area contributed by atoms with Gasteiger partial charge in [-0.15, -0.1) is 0 Å². The summed E-state index contributed by atoms with van der Waals surface area (Å²) in [6.07, 6.45) is 0.976. The lowest BCUT2D eigenvalue weighted by molar-refractivity contribution is -0.120. The molecule has 0 aromatic heterocycles. The molecule has 2 aromatic rings. The number of carbonyl (C=O) groups is 2. The number of fused-ring (bicyclic) bond motifs is 3. The van der Waals surface area contributed by atoms with Crippen molar-refractivity contribution in [3.8, 4) is 11.5 Å². The van der Waals surface area contributed by atoms with Crippen molar-refractivity contribution in [3.63, 3.8) is 0 Å². The molecule has 158 valence electrons. The maximum Gasteiger partial charge on any atom is 0.331 e. The number of aryl methyl sites for hydroxylation is 2. The fourth-order valence-corrected chi connectivity index (χ4v) is 4.31. The van der Waals surface area contributed by atoms with E-state index in [9.17, 15) is 9.59 Å². The minimum atomic E-state index is -0.272. The molecule has 1 atom stereocenters. The summed E-state index contributed by atoms with van der Waals surface area (Å²) in [4.78, 5) is 29.5. The predicted octanol–water partition coefficient (Wildman–Crippen LogP) is 4.56. The third-order valence-electron chi connectivity index (χ3n) is 5.97. The first-order chi connectivity index (χ1) is 14.4. The zero-order valence-corrected chi connectivity index (χ0v) is 18.0. The number of amides is 3. The number of ether oxygens (including phenoxy) is 2. The molecule has 1 saturated heterocycles. The summed E-state index contributed by atoms with van der Waals surface area (Å²) in [5, 5.41) is 0. The van der Waals surface area contributed by atoms with E-state index in [1.165, 1.54) is 4.90 Å². The molecule has 0 spiro atoms. The van der Waals surface area contributed by atoms with Crippen molar-refractivity contribution in [2.24, 2.45) is 0 Å². The van der Waals surface area contributed by atoms with Gasteiger partial charge in [0, 0.05) is 6.54 Å². The highest BCUT2D eigenvalue weighted by Crippen LogP contribution is 2.42. The maximum absolute atomic E-state index is 13.3. The zero-order valence-electron chi connectivity index (χ0n) is 18.0. The van der Waals surface area contributed by atoms with Crippen LogP contribution in [0.4, 0.5) is 10.5 Å². The van der Waals surface area contributed by atoms with Crippen LogP contribution < -0.4 is 14.4 Å². The smallest absolute Gasteiger partial charge is 0.331 e. The Hall–Kier alpha value is -3.02. The van der Waals surface area contributed by atoms with E-state index < -0.39 is 0 Å². The van der Waals surface area contributed by atoms with E-state index in [4.69, 9.17) is 9.47 Å². The number of hydrogen-bond donors (Lipinski definition) is 0. The van der Waals surface area contributed by atoms with Crippen LogP contribution in [0.1, 0.15) is 48.6 Å². The van der Waals surface area contributed by atoms with Crippen molar-refractivity contribution in [2.75, 3.05) is 24.7 Å². The van der Waals surface area contributed by atoms with Gasteiger partial charge >= 0.3 is 6.03 Å². The molecule has 0 radical (unpaired) electrons. The van der Waals surface area contributed by atoms with E-state index in [0.717, 1.165) is 34.4 Å². The summed E-state index contributed by atoms with van der Waals surface area (Å²) in [5.41, 5.74) is 4.93. The molecule has 0 saturated carbocycles. The summed E-state index contributed by atoms with van der Waals surface area (Å²) in [6, 6.07) is 9.14. The van der Waals surface area contributed by atoms with Crippen molar-refractivity contribution < 1.29 is 19.1 Å². The van der Waals surface area contributed by atoms with Crippen molar-refractivity contribution in [1.82, 2.24) is 4.90 Å². The highest BCUT2D eigenvalue weighted by atomic mass is 16.5. The summed E-state index contributed by atoms with van der Waals surface area (Å²) in [7, 11) is 0. The van der Waals surface area contributed by atoms with Crippen LogP contribution in [-0.4, -0.2) is 36.6 Å². The van der Waals surface area contributed by atoms with E-state index in [2.05, 4.69) is 0 Å². The highest BCUT2D eigenvalue weighted by molar-refractivity contribution is 6.16. The topological polar surface area (TPSA) is 59.1 Å².